The average Bonchev–Trinajstić information content (AvgIpc) is 2.74. The number of amides is 2. The van der Waals surface area contributed by atoms with Crippen LogP contribution < -0.4 is 9.80 Å². The Balaban J connectivity index is 1.56. The Kier molecular flexibility index (Phi) is 6.86. The van der Waals surface area contributed by atoms with Gasteiger partial charge in [0.05, 0.1) is 0 Å². The summed E-state index contributed by atoms with van der Waals surface area (Å²) in [4.78, 5) is 30.6. The molecule has 0 spiro atoms. The van der Waals surface area contributed by atoms with Crippen LogP contribution in [0.2, 0.25) is 0 Å². The van der Waals surface area contributed by atoms with Gasteiger partial charge in [-0.1, -0.05) is 25.1 Å². The van der Waals surface area contributed by atoms with Crippen LogP contribution in [0.1, 0.15) is 25.8 Å². The molecule has 1 heterocycles. The van der Waals surface area contributed by atoms with Crippen LogP contribution in [0.4, 0.5) is 15.8 Å². The van der Waals surface area contributed by atoms with E-state index in [0.717, 1.165) is 23.4 Å². The number of benzene rings is 2. The maximum Gasteiger partial charge on any atom is 0.224 e. The van der Waals surface area contributed by atoms with Crippen molar-refractivity contribution in [2.75, 3.05) is 42.5 Å². The van der Waals surface area contributed by atoms with Crippen molar-refractivity contribution in [3.8, 4) is 0 Å². The van der Waals surface area contributed by atoms with Crippen LogP contribution in [0, 0.1) is 5.82 Å². The highest BCUT2D eigenvalue weighted by Crippen LogP contribution is 2.22. The first-order valence-electron chi connectivity index (χ1n) is 10.1. The monoisotopic (exact) mass is 397 g/mol. The van der Waals surface area contributed by atoms with Gasteiger partial charge < -0.3 is 14.7 Å². The normalized spacial score (nSPS) is 14.0. The van der Waals surface area contributed by atoms with E-state index in [4.69, 9.17) is 0 Å². The summed E-state index contributed by atoms with van der Waals surface area (Å²) in [5, 5.41) is 0. The molecule has 5 nitrogen and oxygen atoms in total. The number of halogens is 1. The van der Waals surface area contributed by atoms with Crippen LogP contribution in [-0.2, 0) is 16.0 Å². The summed E-state index contributed by atoms with van der Waals surface area (Å²) in [6, 6.07) is 14.3. The molecule has 1 saturated heterocycles. The van der Waals surface area contributed by atoms with Gasteiger partial charge in [0.2, 0.25) is 11.8 Å². The lowest BCUT2D eigenvalue weighted by Crippen LogP contribution is -2.49. The van der Waals surface area contributed by atoms with E-state index >= 15 is 0 Å². The zero-order valence-electron chi connectivity index (χ0n) is 17.1. The maximum absolute atomic E-state index is 13.1. The molecular weight excluding hydrogens is 369 g/mol. The summed E-state index contributed by atoms with van der Waals surface area (Å²) in [7, 11) is 0. The van der Waals surface area contributed by atoms with Crippen molar-refractivity contribution in [1.29, 1.82) is 0 Å². The third-order valence-electron chi connectivity index (χ3n) is 5.42. The summed E-state index contributed by atoms with van der Waals surface area (Å²) < 4.78 is 13.1. The van der Waals surface area contributed by atoms with E-state index < -0.39 is 0 Å². The van der Waals surface area contributed by atoms with Gasteiger partial charge in [0.15, 0.2) is 0 Å². The van der Waals surface area contributed by atoms with Gasteiger partial charge in [0.25, 0.3) is 0 Å². The Morgan fingerprint density at radius 2 is 1.66 bits per heavy atom. The SMILES string of the molecule is CCc1ccccc1N(CCC(=O)N1CCN(c2ccc(F)cc2)CC1)C(C)=O. The number of para-hydroxylation sites is 1. The first kappa shape index (κ1) is 20.8. The van der Waals surface area contributed by atoms with E-state index in [1.165, 1.54) is 12.1 Å². The third-order valence-corrected chi connectivity index (χ3v) is 5.42. The van der Waals surface area contributed by atoms with E-state index in [0.29, 0.717) is 39.1 Å². The Hall–Kier alpha value is -2.89. The molecule has 0 saturated carbocycles. The van der Waals surface area contributed by atoms with Crippen LogP contribution in [-0.4, -0.2) is 49.4 Å². The minimum absolute atomic E-state index is 0.0557. The maximum atomic E-state index is 13.1. The average molecular weight is 397 g/mol. The number of rotatable bonds is 6. The van der Waals surface area contributed by atoms with E-state index in [1.807, 2.05) is 29.2 Å². The second kappa shape index (κ2) is 9.54. The topological polar surface area (TPSA) is 43.9 Å². The molecule has 0 atom stereocenters. The van der Waals surface area contributed by atoms with Crippen LogP contribution >= 0.6 is 0 Å². The summed E-state index contributed by atoms with van der Waals surface area (Å²) in [6.45, 7) is 6.66. The summed E-state index contributed by atoms with van der Waals surface area (Å²) in [5.74, 6) is -0.244. The number of aryl methyl sites for hydroxylation is 1. The van der Waals surface area contributed by atoms with Crippen LogP contribution in [0.3, 0.4) is 0 Å². The molecule has 154 valence electrons. The molecule has 0 radical (unpaired) electrons. The van der Waals surface area contributed by atoms with E-state index in [1.54, 1.807) is 24.0 Å². The fraction of sp³-hybridized carbons (Fsp3) is 0.391. The smallest absolute Gasteiger partial charge is 0.224 e. The van der Waals surface area contributed by atoms with Crippen LogP contribution in [0.15, 0.2) is 48.5 Å². The molecule has 1 aliphatic rings. The summed E-state index contributed by atoms with van der Waals surface area (Å²) >= 11 is 0. The number of carbonyl (C=O) groups is 2. The number of hydrogen-bond donors (Lipinski definition) is 0. The number of hydrogen-bond acceptors (Lipinski definition) is 3. The highest BCUT2D eigenvalue weighted by molar-refractivity contribution is 5.93. The van der Waals surface area contributed by atoms with E-state index in [2.05, 4.69) is 11.8 Å². The number of carbonyl (C=O) groups excluding carboxylic acids is 2. The second-order valence-electron chi connectivity index (χ2n) is 7.25. The predicted molar refractivity (Wildman–Crippen MR) is 114 cm³/mol. The molecular formula is C23H28FN3O2. The Morgan fingerprint density at radius 1 is 1.00 bits per heavy atom. The quantitative estimate of drug-likeness (QED) is 0.750. The van der Waals surface area contributed by atoms with Gasteiger partial charge in [-0.05, 0) is 42.3 Å². The van der Waals surface area contributed by atoms with Gasteiger partial charge in [0, 0.05) is 57.4 Å². The van der Waals surface area contributed by atoms with Crippen molar-refractivity contribution in [3.05, 3.63) is 59.9 Å². The fourth-order valence-electron chi connectivity index (χ4n) is 3.75. The highest BCUT2D eigenvalue weighted by Gasteiger charge is 2.23. The highest BCUT2D eigenvalue weighted by atomic mass is 19.1. The summed E-state index contributed by atoms with van der Waals surface area (Å²) in [5.41, 5.74) is 2.96. The molecule has 0 bridgehead atoms. The van der Waals surface area contributed by atoms with Gasteiger partial charge in [-0.25, -0.2) is 4.39 Å². The number of piperazine rings is 1. The molecule has 6 heteroatoms. The molecule has 0 unspecified atom stereocenters. The van der Waals surface area contributed by atoms with Gasteiger partial charge in [-0.2, -0.15) is 0 Å². The predicted octanol–water partition coefficient (Wildman–Crippen LogP) is 3.48. The van der Waals surface area contributed by atoms with Crippen molar-refractivity contribution >= 4 is 23.2 Å². The number of nitrogens with zero attached hydrogens (tertiary/aromatic N) is 3. The molecule has 3 rings (SSSR count). The van der Waals surface area contributed by atoms with Gasteiger partial charge in [-0.3, -0.25) is 9.59 Å². The zero-order chi connectivity index (χ0) is 20.8. The molecule has 1 aliphatic heterocycles. The molecule has 1 fully saturated rings. The molecule has 2 aromatic rings. The van der Waals surface area contributed by atoms with Crippen LogP contribution in [0.5, 0.6) is 0 Å². The molecule has 2 aromatic carbocycles. The van der Waals surface area contributed by atoms with E-state index in [-0.39, 0.29) is 17.6 Å². The van der Waals surface area contributed by atoms with Crippen molar-refractivity contribution in [1.82, 2.24) is 4.90 Å². The summed E-state index contributed by atoms with van der Waals surface area (Å²) in [6.07, 6.45) is 1.13. The van der Waals surface area contributed by atoms with Gasteiger partial charge in [-0.15, -0.1) is 0 Å². The molecule has 0 aromatic heterocycles. The lowest BCUT2D eigenvalue weighted by Gasteiger charge is -2.36. The van der Waals surface area contributed by atoms with E-state index in [9.17, 15) is 14.0 Å². The Morgan fingerprint density at radius 3 is 2.28 bits per heavy atom. The third kappa shape index (κ3) is 5.13. The lowest BCUT2D eigenvalue weighted by molar-refractivity contribution is -0.131. The largest absolute Gasteiger partial charge is 0.368 e. The first-order valence-corrected chi connectivity index (χ1v) is 10.1. The van der Waals surface area contributed by atoms with Crippen molar-refractivity contribution in [2.24, 2.45) is 0 Å². The minimum atomic E-state index is -0.248. The van der Waals surface area contributed by atoms with Crippen molar-refractivity contribution in [2.45, 2.75) is 26.7 Å². The standard InChI is InChI=1S/C23H28FN3O2/c1-3-19-6-4-5-7-22(19)27(18(2)28)13-12-23(29)26-16-14-25(15-17-26)21-10-8-20(24)9-11-21/h4-11H,3,12-17H2,1-2H3. The zero-order valence-corrected chi connectivity index (χ0v) is 17.1. The molecule has 2 amide bonds. The fourth-order valence-corrected chi connectivity index (χ4v) is 3.75. The van der Waals surface area contributed by atoms with Crippen LogP contribution in [0.25, 0.3) is 0 Å². The van der Waals surface area contributed by atoms with Crippen molar-refractivity contribution in [3.63, 3.8) is 0 Å². The Labute approximate surface area is 171 Å². The molecule has 0 N–H and O–H groups in total. The number of anilines is 2. The Bertz CT molecular complexity index is 845. The second-order valence-corrected chi connectivity index (χ2v) is 7.25. The molecule has 0 aliphatic carbocycles. The van der Waals surface area contributed by atoms with Crippen molar-refractivity contribution < 1.29 is 14.0 Å². The van der Waals surface area contributed by atoms with Gasteiger partial charge in [0.1, 0.15) is 5.82 Å². The lowest BCUT2D eigenvalue weighted by atomic mass is 10.1. The van der Waals surface area contributed by atoms with Gasteiger partial charge >= 0.3 is 0 Å². The molecule has 29 heavy (non-hydrogen) atoms. The first-order chi connectivity index (χ1) is 14.0. The minimum Gasteiger partial charge on any atom is -0.368 e.